The molecule has 0 heterocycles. The standard InChI is InChI=1S/C10H11NO.C8H17N/c1-7-4-9(12-3)5-8(2)10(7)6-11;1-7(2)5-8(3,4)6(7)9/h4-5H,1-3H3;6H,5,9H2,1-4H3. The molecule has 0 radical (unpaired) electrons. The maximum Gasteiger partial charge on any atom is 0.119 e. The third-order valence-corrected chi connectivity index (χ3v) is 4.45. The minimum Gasteiger partial charge on any atom is -0.497 e. The Bertz CT molecular complexity index is 516. The van der Waals surface area contributed by atoms with E-state index in [0.717, 1.165) is 22.4 Å². The summed E-state index contributed by atoms with van der Waals surface area (Å²) in [7, 11) is 1.63. The van der Waals surface area contributed by atoms with Crippen LogP contribution in [0.15, 0.2) is 12.1 Å². The number of rotatable bonds is 1. The van der Waals surface area contributed by atoms with Crippen LogP contribution in [0.1, 0.15) is 50.8 Å². The molecule has 1 aliphatic rings. The van der Waals surface area contributed by atoms with Crippen LogP contribution in [0.2, 0.25) is 0 Å². The Morgan fingerprint density at radius 2 is 1.57 bits per heavy atom. The Kier molecular flexibility index (Phi) is 5.07. The maximum absolute atomic E-state index is 8.77. The first-order valence-electron chi connectivity index (χ1n) is 7.36. The lowest BCUT2D eigenvalue weighted by molar-refractivity contribution is -0.0169. The van der Waals surface area contributed by atoms with Crippen molar-refractivity contribution >= 4 is 0 Å². The predicted octanol–water partition coefficient (Wildman–Crippen LogP) is 3.95. The van der Waals surface area contributed by atoms with Crippen LogP contribution in [0.25, 0.3) is 0 Å². The summed E-state index contributed by atoms with van der Waals surface area (Å²) in [5, 5.41) is 8.77. The van der Waals surface area contributed by atoms with E-state index in [4.69, 9.17) is 15.7 Å². The minimum atomic E-state index is 0.392. The smallest absolute Gasteiger partial charge is 0.119 e. The van der Waals surface area contributed by atoms with E-state index in [1.54, 1.807) is 7.11 Å². The highest BCUT2D eigenvalue weighted by molar-refractivity contribution is 5.47. The van der Waals surface area contributed by atoms with Crippen molar-refractivity contribution in [3.05, 3.63) is 28.8 Å². The molecule has 0 atom stereocenters. The second-order valence-electron chi connectivity index (χ2n) is 7.38. The molecule has 1 fully saturated rings. The molecule has 1 aromatic rings. The fourth-order valence-corrected chi connectivity index (χ4v) is 3.54. The van der Waals surface area contributed by atoms with Crippen molar-refractivity contribution in [2.24, 2.45) is 16.6 Å². The van der Waals surface area contributed by atoms with Crippen molar-refractivity contribution < 1.29 is 4.74 Å². The van der Waals surface area contributed by atoms with Gasteiger partial charge < -0.3 is 10.5 Å². The molecule has 116 valence electrons. The minimum absolute atomic E-state index is 0.392. The average molecular weight is 288 g/mol. The van der Waals surface area contributed by atoms with Gasteiger partial charge in [0, 0.05) is 6.04 Å². The first kappa shape index (κ1) is 17.5. The van der Waals surface area contributed by atoms with Gasteiger partial charge in [-0.25, -0.2) is 0 Å². The number of aryl methyl sites for hydroxylation is 2. The van der Waals surface area contributed by atoms with Crippen LogP contribution in [-0.2, 0) is 0 Å². The maximum atomic E-state index is 8.77. The molecule has 0 amide bonds. The monoisotopic (exact) mass is 288 g/mol. The summed E-state index contributed by atoms with van der Waals surface area (Å²) in [5.74, 6) is 0.809. The summed E-state index contributed by atoms with van der Waals surface area (Å²) in [6.45, 7) is 12.8. The van der Waals surface area contributed by atoms with Crippen molar-refractivity contribution in [3.8, 4) is 11.8 Å². The van der Waals surface area contributed by atoms with Gasteiger partial charge in [0.15, 0.2) is 0 Å². The van der Waals surface area contributed by atoms with Crippen LogP contribution in [-0.4, -0.2) is 13.2 Å². The van der Waals surface area contributed by atoms with E-state index in [9.17, 15) is 0 Å². The van der Waals surface area contributed by atoms with Crippen molar-refractivity contribution in [1.29, 1.82) is 5.26 Å². The Hall–Kier alpha value is -1.53. The van der Waals surface area contributed by atoms with Crippen LogP contribution >= 0.6 is 0 Å². The van der Waals surface area contributed by atoms with Gasteiger partial charge in [-0.05, 0) is 54.4 Å². The molecule has 0 saturated heterocycles. The number of ether oxygens (including phenoxy) is 1. The number of hydrogen-bond donors (Lipinski definition) is 1. The molecule has 3 heteroatoms. The summed E-state index contributed by atoms with van der Waals surface area (Å²) in [6.07, 6.45) is 1.27. The van der Waals surface area contributed by atoms with Gasteiger partial charge in [-0.2, -0.15) is 5.26 Å². The summed E-state index contributed by atoms with van der Waals surface area (Å²) in [4.78, 5) is 0. The molecular weight excluding hydrogens is 260 g/mol. The first-order chi connectivity index (χ1) is 9.55. The van der Waals surface area contributed by atoms with E-state index in [0.29, 0.717) is 16.9 Å². The lowest BCUT2D eigenvalue weighted by Gasteiger charge is -2.55. The zero-order chi connectivity index (χ0) is 16.4. The topological polar surface area (TPSA) is 59.0 Å². The fraction of sp³-hybridized carbons (Fsp3) is 0.611. The Balaban J connectivity index is 0.000000219. The summed E-state index contributed by atoms with van der Waals surface area (Å²) in [6, 6.07) is 6.29. The largest absolute Gasteiger partial charge is 0.497 e. The number of hydrogen-bond acceptors (Lipinski definition) is 3. The third kappa shape index (κ3) is 3.77. The van der Waals surface area contributed by atoms with Crippen LogP contribution in [0.4, 0.5) is 0 Å². The molecule has 1 aliphatic carbocycles. The van der Waals surface area contributed by atoms with E-state index in [-0.39, 0.29) is 0 Å². The van der Waals surface area contributed by atoms with E-state index >= 15 is 0 Å². The van der Waals surface area contributed by atoms with Gasteiger partial charge in [0.25, 0.3) is 0 Å². The Morgan fingerprint density at radius 3 is 1.76 bits per heavy atom. The van der Waals surface area contributed by atoms with Gasteiger partial charge >= 0.3 is 0 Å². The van der Waals surface area contributed by atoms with E-state index < -0.39 is 0 Å². The van der Waals surface area contributed by atoms with E-state index in [2.05, 4.69) is 33.8 Å². The van der Waals surface area contributed by atoms with E-state index in [1.807, 2.05) is 26.0 Å². The Morgan fingerprint density at radius 1 is 1.14 bits per heavy atom. The lowest BCUT2D eigenvalue weighted by atomic mass is 9.52. The van der Waals surface area contributed by atoms with Gasteiger partial charge in [0.05, 0.1) is 18.7 Å². The van der Waals surface area contributed by atoms with Crippen LogP contribution < -0.4 is 10.5 Å². The average Bonchev–Trinajstić information content (AvgIpc) is 2.37. The first-order valence-corrected chi connectivity index (χ1v) is 7.36. The van der Waals surface area contributed by atoms with Crippen molar-refractivity contribution in [1.82, 2.24) is 0 Å². The highest BCUT2D eigenvalue weighted by Gasteiger charge is 2.50. The third-order valence-electron chi connectivity index (χ3n) is 4.45. The predicted molar refractivity (Wildman–Crippen MR) is 87.3 cm³/mol. The summed E-state index contributed by atoms with van der Waals surface area (Å²) in [5.41, 5.74) is 9.40. The van der Waals surface area contributed by atoms with Crippen LogP contribution in [0, 0.1) is 36.0 Å². The number of nitriles is 1. The quantitative estimate of drug-likeness (QED) is 0.851. The zero-order valence-electron chi connectivity index (χ0n) is 14.4. The van der Waals surface area contributed by atoms with Gasteiger partial charge in [0.2, 0.25) is 0 Å². The molecule has 3 nitrogen and oxygen atoms in total. The highest BCUT2D eigenvalue weighted by atomic mass is 16.5. The molecular formula is C18H28N2O. The molecule has 2 rings (SSSR count). The number of benzene rings is 1. The number of methoxy groups -OCH3 is 1. The zero-order valence-corrected chi connectivity index (χ0v) is 14.4. The SMILES string of the molecule is CC1(C)CC(C)(C)C1N.COc1cc(C)c(C#N)c(C)c1. The van der Waals surface area contributed by atoms with Crippen LogP contribution in [0.5, 0.6) is 5.75 Å². The lowest BCUT2D eigenvalue weighted by Crippen LogP contribution is -2.60. The van der Waals surface area contributed by atoms with Gasteiger partial charge in [-0.15, -0.1) is 0 Å². The molecule has 21 heavy (non-hydrogen) atoms. The van der Waals surface area contributed by atoms with Gasteiger partial charge in [0.1, 0.15) is 5.75 Å². The highest BCUT2D eigenvalue weighted by Crippen LogP contribution is 2.52. The second-order valence-corrected chi connectivity index (χ2v) is 7.38. The molecule has 0 aliphatic heterocycles. The number of nitrogens with two attached hydrogens (primary N) is 1. The molecule has 0 bridgehead atoms. The van der Waals surface area contributed by atoms with Crippen molar-refractivity contribution in [2.45, 2.75) is 54.0 Å². The van der Waals surface area contributed by atoms with Crippen molar-refractivity contribution in [3.63, 3.8) is 0 Å². The van der Waals surface area contributed by atoms with E-state index in [1.165, 1.54) is 6.42 Å². The molecule has 0 spiro atoms. The molecule has 1 aromatic carbocycles. The normalized spacial score (nSPS) is 18.8. The summed E-state index contributed by atoms with van der Waals surface area (Å²) < 4.78 is 5.07. The Labute approximate surface area is 129 Å². The summed E-state index contributed by atoms with van der Waals surface area (Å²) >= 11 is 0. The van der Waals surface area contributed by atoms with Crippen LogP contribution in [0.3, 0.4) is 0 Å². The van der Waals surface area contributed by atoms with Gasteiger partial charge in [-0.3, -0.25) is 0 Å². The molecule has 2 N–H and O–H groups in total. The van der Waals surface area contributed by atoms with Gasteiger partial charge in [-0.1, -0.05) is 27.7 Å². The molecule has 0 unspecified atom stereocenters. The van der Waals surface area contributed by atoms with Crippen molar-refractivity contribution in [2.75, 3.05) is 7.11 Å². The second kappa shape index (κ2) is 6.07. The fourth-order valence-electron chi connectivity index (χ4n) is 3.54. The molecule has 1 saturated carbocycles. The number of nitrogens with zero attached hydrogens (tertiary/aromatic N) is 1. The molecule has 0 aromatic heterocycles.